The Hall–Kier alpha value is -2.63. The molecule has 1 aliphatic heterocycles. The molecule has 1 saturated heterocycles. The third-order valence-corrected chi connectivity index (χ3v) is 5.99. The lowest BCUT2D eigenvalue weighted by molar-refractivity contribution is 0.0933. The molecule has 2 heterocycles. The zero-order valence-electron chi connectivity index (χ0n) is 16.8. The van der Waals surface area contributed by atoms with Crippen molar-refractivity contribution in [1.82, 2.24) is 10.3 Å². The number of benzene rings is 1. The molecule has 1 aromatic heterocycles. The molecule has 1 saturated carbocycles. The van der Waals surface area contributed by atoms with Crippen LogP contribution in [0, 0.1) is 5.82 Å². The highest BCUT2D eigenvalue weighted by atomic mass is 19.1. The first-order chi connectivity index (χ1) is 14.2. The van der Waals surface area contributed by atoms with Gasteiger partial charge in [0.25, 0.3) is 5.91 Å². The molecule has 2 fully saturated rings. The van der Waals surface area contributed by atoms with Gasteiger partial charge in [0.05, 0.1) is 5.69 Å². The molecular weight excluding hydrogens is 367 g/mol. The maximum Gasteiger partial charge on any atom is 0.251 e. The maximum atomic E-state index is 14.0. The summed E-state index contributed by atoms with van der Waals surface area (Å²) in [6.07, 6.45) is 8.77. The van der Waals surface area contributed by atoms with Gasteiger partial charge in [-0.3, -0.25) is 4.79 Å². The minimum atomic E-state index is -0.184. The predicted molar refractivity (Wildman–Crippen MR) is 114 cm³/mol. The van der Waals surface area contributed by atoms with Gasteiger partial charge in [0, 0.05) is 44.0 Å². The van der Waals surface area contributed by atoms with Crippen LogP contribution in [-0.4, -0.2) is 43.1 Å². The number of nitrogens with zero attached hydrogens (tertiary/aromatic N) is 3. The monoisotopic (exact) mass is 396 g/mol. The second-order valence-corrected chi connectivity index (χ2v) is 7.99. The molecule has 0 bridgehead atoms. The second kappa shape index (κ2) is 9.25. The van der Waals surface area contributed by atoms with E-state index in [-0.39, 0.29) is 17.8 Å². The molecule has 2 aromatic rings. The van der Waals surface area contributed by atoms with Gasteiger partial charge < -0.3 is 15.1 Å². The van der Waals surface area contributed by atoms with Crippen molar-refractivity contribution in [2.75, 3.05) is 36.0 Å². The summed E-state index contributed by atoms with van der Waals surface area (Å²) in [6.45, 7) is 2.94. The van der Waals surface area contributed by atoms with Crippen LogP contribution in [0.3, 0.4) is 0 Å². The van der Waals surface area contributed by atoms with Gasteiger partial charge >= 0.3 is 0 Å². The van der Waals surface area contributed by atoms with E-state index in [1.54, 1.807) is 18.3 Å². The Labute approximate surface area is 171 Å². The minimum Gasteiger partial charge on any atom is -0.366 e. The molecule has 1 aromatic carbocycles. The van der Waals surface area contributed by atoms with Gasteiger partial charge in [0.15, 0.2) is 0 Å². The van der Waals surface area contributed by atoms with Gasteiger partial charge in [0.2, 0.25) is 0 Å². The summed E-state index contributed by atoms with van der Waals surface area (Å²) in [4.78, 5) is 21.4. The second-order valence-electron chi connectivity index (χ2n) is 7.99. The molecule has 1 aliphatic carbocycles. The molecule has 5 nitrogen and oxygen atoms in total. The smallest absolute Gasteiger partial charge is 0.251 e. The van der Waals surface area contributed by atoms with Crippen LogP contribution >= 0.6 is 0 Å². The Morgan fingerprint density at radius 3 is 2.38 bits per heavy atom. The quantitative estimate of drug-likeness (QED) is 0.794. The van der Waals surface area contributed by atoms with Crippen LogP contribution in [0.15, 0.2) is 42.6 Å². The Balaban J connectivity index is 1.37. The van der Waals surface area contributed by atoms with Crippen molar-refractivity contribution in [3.63, 3.8) is 0 Å². The first kappa shape index (κ1) is 19.7. The van der Waals surface area contributed by atoms with Crippen LogP contribution in [0.4, 0.5) is 15.9 Å². The average molecular weight is 397 g/mol. The topological polar surface area (TPSA) is 48.5 Å². The minimum absolute atomic E-state index is 0.00876. The molecule has 0 atom stereocenters. The molecule has 6 heteroatoms. The standard InChI is InChI=1S/C23H29FN4O/c24-20-9-5-6-10-21(20)27-13-15-28(16-14-27)22-17-18(11-12-25-22)23(29)26-19-7-3-1-2-4-8-19/h5-6,9-12,17,19H,1-4,7-8,13-16H2,(H,26,29). The Morgan fingerprint density at radius 2 is 1.66 bits per heavy atom. The third-order valence-electron chi connectivity index (χ3n) is 5.99. The number of hydrogen-bond acceptors (Lipinski definition) is 4. The summed E-state index contributed by atoms with van der Waals surface area (Å²) < 4.78 is 14.0. The number of anilines is 2. The Kier molecular flexibility index (Phi) is 6.27. The first-order valence-corrected chi connectivity index (χ1v) is 10.7. The van der Waals surface area contributed by atoms with Gasteiger partial charge in [-0.05, 0) is 37.1 Å². The summed E-state index contributed by atoms with van der Waals surface area (Å²) in [5.74, 6) is 0.619. The van der Waals surface area contributed by atoms with Gasteiger partial charge in [-0.1, -0.05) is 37.8 Å². The molecule has 0 unspecified atom stereocenters. The molecule has 1 N–H and O–H groups in total. The van der Waals surface area contributed by atoms with Crippen molar-refractivity contribution >= 4 is 17.4 Å². The van der Waals surface area contributed by atoms with Crippen molar-refractivity contribution < 1.29 is 9.18 Å². The van der Waals surface area contributed by atoms with E-state index in [1.807, 2.05) is 18.2 Å². The largest absolute Gasteiger partial charge is 0.366 e. The molecule has 4 rings (SSSR count). The van der Waals surface area contributed by atoms with Crippen LogP contribution < -0.4 is 15.1 Å². The number of carbonyl (C=O) groups excluding carboxylic acids is 1. The number of carbonyl (C=O) groups is 1. The fraction of sp³-hybridized carbons (Fsp3) is 0.478. The SMILES string of the molecule is O=C(NC1CCCCCC1)c1ccnc(N2CCN(c3ccccc3F)CC2)c1. The molecule has 0 radical (unpaired) electrons. The van der Waals surface area contributed by atoms with E-state index in [1.165, 1.54) is 31.7 Å². The summed E-state index contributed by atoms with van der Waals surface area (Å²) in [7, 11) is 0. The molecule has 29 heavy (non-hydrogen) atoms. The van der Waals surface area contributed by atoms with E-state index >= 15 is 0 Å². The van der Waals surface area contributed by atoms with Gasteiger partial charge in [-0.15, -0.1) is 0 Å². The van der Waals surface area contributed by atoms with E-state index in [4.69, 9.17) is 0 Å². The zero-order valence-corrected chi connectivity index (χ0v) is 16.8. The number of hydrogen-bond donors (Lipinski definition) is 1. The summed E-state index contributed by atoms with van der Waals surface area (Å²) >= 11 is 0. The number of rotatable bonds is 4. The third kappa shape index (κ3) is 4.86. The lowest BCUT2D eigenvalue weighted by atomic mass is 10.1. The summed E-state index contributed by atoms with van der Waals surface area (Å²) in [5, 5.41) is 3.20. The number of para-hydroxylation sites is 1. The Morgan fingerprint density at radius 1 is 0.966 bits per heavy atom. The first-order valence-electron chi connectivity index (χ1n) is 10.7. The van der Waals surface area contributed by atoms with Crippen molar-refractivity contribution in [3.8, 4) is 0 Å². The fourth-order valence-electron chi connectivity index (χ4n) is 4.31. The summed E-state index contributed by atoms with van der Waals surface area (Å²) in [6, 6.07) is 10.8. The zero-order chi connectivity index (χ0) is 20.1. The van der Waals surface area contributed by atoms with E-state index in [9.17, 15) is 9.18 Å². The molecule has 1 amide bonds. The highest BCUT2D eigenvalue weighted by Crippen LogP contribution is 2.23. The number of nitrogens with one attached hydrogen (secondary N) is 1. The number of piperazine rings is 1. The molecule has 2 aliphatic rings. The lowest BCUT2D eigenvalue weighted by Gasteiger charge is -2.36. The van der Waals surface area contributed by atoms with Gasteiger partial charge in [0.1, 0.15) is 11.6 Å². The maximum absolute atomic E-state index is 14.0. The van der Waals surface area contributed by atoms with Crippen LogP contribution in [0.1, 0.15) is 48.9 Å². The average Bonchev–Trinajstić information content (AvgIpc) is 3.03. The van der Waals surface area contributed by atoms with E-state index in [0.717, 1.165) is 44.8 Å². The van der Waals surface area contributed by atoms with Crippen molar-refractivity contribution in [2.45, 2.75) is 44.6 Å². The van der Waals surface area contributed by atoms with Crippen LogP contribution in [0.2, 0.25) is 0 Å². The summed E-state index contributed by atoms with van der Waals surface area (Å²) in [5.41, 5.74) is 1.31. The van der Waals surface area contributed by atoms with Crippen molar-refractivity contribution in [2.24, 2.45) is 0 Å². The van der Waals surface area contributed by atoms with Crippen molar-refractivity contribution in [1.29, 1.82) is 0 Å². The van der Waals surface area contributed by atoms with E-state index in [0.29, 0.717) is 11.3 Å². The molecule has 154 valence electrons. The van der Waals surface area contributed by atoms with Crippen LogP contribution in [0.25, 0.3) is 0 Å². The molecule has 0 spiro atoms. The number of pyridine rings is 1. The van der Waals surface area contributed by atoms with E-state index in [2.05, 4.69) is 20.1 Å². The van der Waals surface area contributed by atoms with Gasteiger partial charge in [-0.2, -0.15) is 0 Å². The normalized spacial score (nSPS) is 18.4. The van der Waals surface area contributed by atoms with Crippen molar-refractivity contribution in [3.05, 3.63) is 54.0 Å². The van der Waals surface area contributed by atoms with Crippen LogP contribution in [0.5, 0.6) is 0 Å². The lowest BCUT2D eigenvalue weighted by Crippen LogP contribution is -2.47. The van der Waals surface area contributed by atoms with E-state index < -0.39 is 0 Å². The molecular formula is C23H29FN4O. The number of amides is 1. The predicted octanol–water partition coefficient (Wildman–Crippen LogP) is 4.00. The number of aromatic nitrogens is 1. The van der Waals surface area contributed by atoms with Crippen LogP contribution in [-0.2, 0) is 0 Å². The number of halogens is 1. The highest BCUT2D eigenvalue weighted by molar-refractivity contribution is 5.95. The van der Waals surface area contributed by atoms with Gasteiger partial charge in [-0.25, -0.2) is 9.37 Å². The fourth-order valence-corrected chi connectivity index (χ4v) is 4.31. The highest BCUT2D eigenvalue weighted by Gasteiger charge is 2.21. The Bertz CT molecular complexity index is 827.